The van der Waals surface area contributed by atoms with Crippen molar-refractivity contribution < 1.29 is 4.39 Å². The average Bonchev–Trinajstić information content (AvgIpc) is 2.38. The maximum atomic E-state index is 13.0. The van der Waals surface area contributed by atoms with E-state index in [-0.39, 0.29) is 11.2 Å². The van der Waals surface area contributed by atoms with Crippen molar-refractivity contribution in [2.45, 2.75) is 45.1 Å². The second-order valence-electron chi connectivity index (χ2n) is 6.90. The molecule has 1 unspecified atom stereocenters. The van der Waals surface area contributed by atoms with Crippen LogP contribution in [0, 0.1) is 5.82 Å². The molecule has 0 bridgehead atoms. The Balaban J connectivity index is 2.18. The van der Waals surface area contributed by atoms with Crippen LogP contribution in [0.25, 0.3) is 0 Å². The van der Waals surface area contributed by atoms with Gasteiger partial charge in [-0.25, -0.2) is 4.39 Å². The van der Waals surface area contributed by atoms with Crippen LogP contribution in [-0.2, 0) is 17.4 Å². The lowest BCUT2D eigenvalue weighted by Crippen LogP contribution is -2.36. The lowest BCUT2D eigenvalue weighted by Gasteiger charge is -2.25. The minimum atomic E-state index is -0.614. The van der Waals surface area contributed by atoms with Crippen LogP contribution in [-0.4, -0.2) is 4.98 Å². The molecule has 0 spiro atoms. The lowest BCUT2D eigenvalue weighted by atomic mass is 9.85. The van der Waals surface area contributed by atoms with Crippen molar-refractivity contribution in [3.05, 3.63) is 65.2 Å². The van der Waals surface area contributed by atoms with Crippen LogP contribution in [0.2, 0.25) is 0 Å². The highest BCUT2D eigenvalue weighted by atomic mass is 19.1. The third-order valence-corrected chi connectivity index (χ3v) is 3.70. The molecule has 3 heteroatoms. The Kier molecular flexibility index (Phi) is 4.15. The normalized spacial score (nSPS) is 14.8. The first kappa shape index (κ1) is 15.6. The molecule has 2 nitrogen and oxygen atoms in total. The molecular formula is C18H23FN2. The van der Waals surface area contributed by atoms with E-state index in [1.54, 1.807) is 6.07 Å². The fraction of sp³-hybridized carbons (Fsp3) is 0.389. The van der Waals surface area contributed by atoms with Gasteiger partial charge in [-0.15, -0.1) is 0 Å². The zero-order valence-electron chi connectivity index (χ0n) is 13.2. The fourth-order valence-corrected chi connectivity index (χ4v) is 2.35. The zero-order chi connectivity index (χ0) is 15.7. The first-order chi connectivity index (χ1) is 9.68. The van der Waals surface area contributed by atoms with Crippen molar-refractivity contribution in [1.29, 1.82) is 0 Å². The van der Waals surface area contributed by atoms with Gasteiger partial charge in [0.15, 0.2) is 0 Å². The Bertz CT molecular complexity index is 593. The van der Waals surface area contributed by atoms with Crippen LogP contribution in [0.3, 0.4) is 0 Å². The van der Waals surface area contributed by atoms with Crippen molar-refractivity contribution in [2.75, 3.05) is 0 Å². The number of benzene rings is 1. The molecule has 2 aromatic rings. The minimum Gasteiger partial charge on any atom is -0.320 e. The summed E-state index contributed by atoms with van der Waals surface area (Å²) < 4.78 is 13.0. The molecule has 0 aliphatic heterocycles. The van der Waals surface area contributed by atoms with E-state index in [4.69, 9.17) is 5.73 Å². The molecule has 21 heavy (non-hydrogen) atoms. The number of pyridine rings is 1. The highest BCUT2D eigenvalue weighted by molar-refractivity contribution is 5.29. The van der Waals surface area contributed by atoms with Crippen LogP contribution in [0.1, 0.15) is 44.5 Å². The predicted molar refractivity (Wildman–Crippen MR) is 84.6 cm³/mol. The van der Waals surface area contributed by atoms with Crippen molar-refractivity contribution in [3.63, 3.8) is 0 Å². The summed E-state index contributed by atoms with van der Waals surface area (Å²) in [5.74, 6) is -0.343. The first-order valence-electron chi connectivity index (χ1n) is 7.19. The Morgan fingerprint density at radius 2 is 1.62 bits per heavy atom. The van der Waals surface area contributed by atoms with Gasteiger partial charge in [0.2, 0.25) is 0 Å². The van der Waals surface area contributed by atoms with Gasteiger partial charge in [-0.1, -0.05) is 45.0 Å². The number of aromatic nitrogens is 1. The summed E-state index contributed by atoms with van der Waals surface area (Å²) in [5.41, 5.74) is 9.03. The zero-order valence-corrected chi connectivity index (χ0v) is 13.2. The second-order valence-corrected chi connectivity index (χ2v) is 6.90. The molecule has 0 radical (unpaired) electrons. The van der Waals surface area contributed by atoms with Gasteiger partial charge in [-0.05, 0) is 42.0 Å². The Morgan fingerprint density at radius 1 is 1.00 bits per heavy atom. The Morgan fingerprint density at radius 3 is 2.10 bits per heavy atom. The minimum absolute atomic E-state index is 0.142. The van der Waals surface area contributed by atoms with Crippen molar-refractivity contribution >= 4 is 0 Å². The standard InChI is InChI=1S/C18H23FN2/c1-17(2,3)14-7-5-13(6-8-14)11-18(4,20)16-10-9-15(19)12-21-16/h5-10,12H,11,20H2,1-4H3. The molecule has 1 aromatic heterocycles. The molecule has 0 aliphatic carbocycles. The molecule has 1 aromatic carbocycles. The molecule has 1 heterocycles. The number of hydrogen-bond donors (Lipinski definition) is 1. The van der Waals surface area contributed by atoms with Gasteiger partial charge in [0, 0.05) is 0 Å². The molecular weight excluding hydrogens is 263 g/mol. The second kappa shape index (κ2) is 5.57. The van der Waals surface area contributed by atoms with Crippen LogP contribution >= 0.6 is 0 Å². The molecule has 0 saturated carbocycles. The van der Waals surface area contributed by atoms with E-state index in [0.29, 0.717) is 12.1 Å². The summed E-state index contributed by atoms with van der Waals surface area (Å²) >= 11 is 0. The lowest BCUT2D eigenvalue weighted by molar-refractivity contribution is 0.472. The quantitative estimate of drug-likeness (QED) is 0.928. The van der Waals surface area contributed by atoms with Crippen molar-refractivity contribution in [3.8, 4) is 0 Å². The number of halogens is 1. The van der Waals surface area contributed by atoms with E-state index in [1.807, 2.05) is 6.92 Å². The number of rotatable bonds is 3. The van der Waals surface area contributed by atoms with E-state index >= 15 is 0 Å². The van der Waals surface area contributed by atoms with Gasteiger partial charge in [-0.3, -0.25) is 4.98 Å². The first-order valence-corrected chi connectivity index (χ1v) is 7.19. The molecule has 2 rings (SSSR count). The van der Waals surface area contributed by atoms with Crippen LogP contribution < -0.4 is 5.73 Å². The largest absolute Gasteiger partial charge is 0.320 e. The van der Waals surface area contributed by atoms with Crippen LogP contribution in [0.5, 0.6) is 0 Å². The van der Waals surface area contributed by atoms with E-state index in [9.17, 15) is 4.39 Å². The Labute approximate surface area is 126 Å². The number of nitrogens with two attached hydrogens (primary N) is 1. The van der Waals surface area contributed by atoms with Crippen LogP contribution in [0.15, 0.2) is 42.6 Å². The summed E-state index contributed by atoms with van der Waals surface area (Å²) in [7, 11) is 0. The van der Waals surface area contributed by atoms with Gasteiger partial charge >= 0.3 is 0 Å². The maximum absolute atomic E-state index is 13.0. The van der Waals surface area contributed by atoms with Gasteiger partial charge in [0.1, 0.15) is 5.82 Å². The summed E-state index contributed by atoms with van der Waals surface area (Å²) in [4.78, 5) is 4.10. The third-order valence-electron chi connectivity index (χ3n) is 3.70. The van der Waals surface area contributed by atoms with E-state index in [2.05, 4.69) is 50.0 Å². The van der Waals surface area contributed by atoms with Crippen molar-refractivity contribution in [2.24, 2.45) is 5.73 Å². The molecule has 0 aliphatic rings. The van der Waals surface area contributed by atoms with E-state index in [0.717, 1.165) is 5.56 Å². The predicted octanol–water partition coefficient (Wildman–Crippen LogP) is 3.93. The highest BCUT2D eigenvalue weighted by Gasteiger charge is 2.23. The van der Waals surface area contributed by atoms with Gasteiger partial charge < -0.3 is 5.73 Å². The smallest absolute Gasteiger partial charge is 0.141 e. The SMILES string of the molecule is CC(C)(C)c1ccc(CC(C)(N)c2ccc(F)cn2)cc1. The molecule has 1 atom stereocenters. The molecule has 0 amide bonds. The third kappa shape index (κ3) is 3.88. The summed E-state index contributed by atoms with van der Waals surface area (Å²) in [6.45, 7) is 8.50. The van der Waals surface area contributed by atoms with E-state index in [1.165, 1.54) is 17.8 Å². The highest BCUT2D eigenvalue weighted by Crippen LogP contribution is 2.25. The van der Waals surface area contributed by atoms with Crippen molar-refractivity contribution in [1.82, 2.24) is 4.98 Å². The molecule has 112 valence electrons. The molecule has 0 saturated heterocycles. The van der Waals surface area contributed by atoms with Gasteiger partial charge in [0.05, 0.1) is 17.4 Å². The maximum Gasteiger partial charge on any atom is 0.141 e. The fourth-order valence-electron chi connectivity index (χ4n) is 2.35. The topological polar surface area (TPSA) is 38.9 Å². The van der Waals surface area contributed by atoms with Crippen LogP contribution in [0.4, 0.5) is 4.39 Å². The molecule has 2 N–H and O–H groups in total. The summed E-state index contributed by atoms with van der Waals surface area (Å²) in [6, 6.07) is 11.5. The average molecular weight is 286 g/mol. The summed E-state index contributed by atoms with van der Waals surface area (Å²) in [5, 5.41) is 0. The monoisotopic (exact) mass is 286 g/mol. The summed E-state index contributed by atoms with van der Waals surface area (Å²) in [6.07, 6.45) is 1.87. The number of nitrogens with zero attached hydrogens (tertiary/aromatic N) is 1. The number of hydrogen-bond acceptors (Lipinski definition) is 2. The Hall–Kier alpha value is -1.74. The van der Waals surface area contributed by atoms with E-state index < -0.39 is 5.54 Å². The van der Waals surface area contributed by atoms with Gasteiger partial charge in [-0.2, -0.15) is 0 Å². The molecule has 0 fully saturated rings. The van der Waals surface area contributed by atoms with Gasteiger partial charge in [0.25, 0.3) is 0 Å².